The molecule has 5 nitrogen and oxygen atoms in total. The molecule has 1 heterocycles. The molecule has 0 amide bonds. The van der Waals surface area contributed by atoms with E-state index in [4.69, 9.17) is 10.00 Å². The molecule has 0 unspecified atom stereocenters. The lowest BCUT2D eigenvalue weighted by Crippen LogP contribution is -2.08. The molecule has 0 aliphatic carbocycles. The van der Waals surface area contributed by atoms with Crippen molar-refractivity contribution in [1.29, 1.82) is 5.26 Å². The normalized spacial score (nSPS) is 12.1. The first-order valence-corrected chi connectivity index (χ1v) is 7.59. The molecule has 21 heavy (non-hydrogen) atoms. The molecule has 0 N–H and O–H groups in total. The van der Waals surface area contributed by atoms with Crippen molar-refractivity contribution in [2.24, 2.45) is 0 Å². The molecule has 1 aromatic heterocycles. The molecule has 0 spiro atoms. The van der Waals surface area contributed by atoms with Gasteiger partial charge in [-0.1, -0.05) is 35.5 Å². The quantitative estimate of drug-likeness (QED) is 0.768. The summed E-state index contributed by atoms with van der Waals surface area (Å²) in [6.45, 7) is 5.14. The van der Waals surface area contributed by atoms with Crippen LogP contribution in [-0.4, -0.2) is 33.7 Å². The van der Waals surface area contributed by atoms with E-state index in [-0.39, 0.29) is 5.25 Å². The number of hydrogen-bond acceptors (Lipinski definition) is 5. The van der Waals surface area contributed by atoms with Crippen LogP contribution < -0.4 is 0 Å². The minimum Gasteiger partial charge on any atom is -0.383 e. The molecular formula is C15H18N4OS. The molecule has 1 aromatic carbocycles. The Morgan fingerprint density at radius 3 is 2.90 bits per heavy atom. The Morgan fingerprint density at radius 2 is 2.24 bits per heavy atom. The highest BCUT2D eigenvalue weighted by Crippen LogP contribution is 2.26. The summed E-state index contributed by atoms with van der Waals surface area (Å²) >= 11 is 1.41. The van der Waals surface area contributed by atoms with Gasteiger partial charge in [0, 0.05) is 12.7 Å². The largest absolute Gasteiger partial charge is 0.383 e. The first kappa shape index (κ1) is 15.5. The fourth-order valence-electron chi connectivity index (χ4n) is 1.94. The van der Waals surface area contributed by atoms with Crippen molar-refractivity contribution < 1.29 is 4.74 Å². The molecule has 0 saturated heterocycles. The maximum absolute atomic E-state index is 8.97. The number of nitrogens with zero attached hydrogens (tertiary/aromatic N) is 4. The van der Waals surface area contributed by atoms with E-state index in [1.807, 2.05) is 36.6 Å². The molecule has 2 rings (SSSR count). The predicted molar refractivity (Wildman–Crippen MR) is 83.0 cm³/mol. The maximum Gasteiger partial charge on any atom is 0.192 e. The van der Waals surface area contributed by atoms with Gasteiger partial charge in [-0.25, -0.2) is 0 Å². The summed E-state index contributed by atoms with van der Waals surface area (Å²) in [5.41, 5.74) is 2.20. The highest BCUT2D eigenvalue weighted by molar-refractivity contribution is 8.00. The summed E-state index contributed by atoms with van der Waals surface area (Å²) in [5.74, 6) is 0.809. The van der Waals surface area contributed by atoms with Crippen molar-refractivity contribution >= 4 is 11.8 Å². The summed E-state index contributed by atoms with van der Waals surface area (Å²) in [7, 11) is 1.67. The van der Waals surface area contributed by atoms with Crippen LogP contribution in [0.1, 0.15) is 12.5 Å². The number of methoxy groups -OCH3 is 1. The van der Waals surface area contributed by atoms with Crippen LogP contribution in [-0.2, 0) is 11.3 Å². The second kappa shape index (κ2) is 7.25. The SMILES string of the molecule is COCCn1c(S[C@@H](C)C#N)nnc1-c1cccc(C)c1. The molecular weight excluding hydrogens is 284 g/mol. The first-order valence-electron chi connectivity index (χ1n) is 6.71. The summed E-state index contributed by atoms with van der Waals surface area (Å²) in [6, 6.07) is 10.4. The van der Waals surface area contributed by atoms with Gasteiger partial charge < -0.3 is 4.74 Å². The number of nitriles is 1. The van der Waals surface area contributed by atoms with Crippen LogP contribution in [0, 0.1) is 18.3 Å². The second-order valence-electron chi connectivity index (χ2n) is 4.71. The third-order valence-electron chi connectivity index (χ3n) is 2.98. The lowest BCUT2D eigenvalue weighted by Gasteiger charge is -2.10. The van der Waals surface area contributed by atoms with Gasteiger partial charge >= 0.3 is 0 Å². The number of aryl methyl sites for hydroxylation is 1. The first-order chi connectivity index (χ1) is 10.2. The standard InChI is InChI=1S/C15H18N4OS/c1-11-5-4-6-13(9-11)14-17-18-15(21-12(2)10-16)19(14)7-8-20-3/h4-6,9,12H,7-8H2,1-3H3/t12-/m0/s1. The molecule has 1 atom stereocenters. The zero-order chi connectivity index (χ0) is 15.2. The Labute approximate surface area is 128 Å². The average Bonchev–Trinajstić information content (AvgIpc) is 2.87. The molecule has 0 saturated carbocycles. The van der Waals surface area contributed by atoms with Gasteiger partial charge in [-0.15, -0.1) is 10.2 Å². The van der Waals surface area contributed by atoms with E-state index >= 15 is 0 Å². The zero-order valence-electron chi connectivity index (χ0n) is 12.4. The van der Waals surface area contributed by atoms with Gasteiger partial charge in [0.05, 0.1) is 24.5 Å². The molecule has 0 aliphatic heterocycles. The Kier molecular flexibility index (Phi) is 5.37. The number of hydrogen-bond donors (Lipinski definition) is 0. The summed E-state index contributed by atoms with van der Waals surface area (Å²) < 4.78 is 7.18. The van der Waals surface area contributed by atoms with E-state index in [0.29, 0.717) is 13.2 Å². The summed E-state index contributed by atoms with van der Waals surface area (Å²) in [4.78, 5) is 0. The van der Waals surface area contributed by atoms with E-state index in [0.717, 1.165) is 16.5 Å². The third kappa shape index (κ3) is 3.84. The van der Waals surface area contributed by atoms with E-state index in [1.54, 1.807) is 7.11 Å². The second-order valence-corrected chi connectivity index (χ2v) is 6.02. The molecule has 0 radical (unpaired) electrons. The molecule has 0 fully saturated rings. The van der Waals surface area contributed by atoms with Crippen molar-refractivity contribution in [2.45, 2.75) is 30.8 Å². The van der Waals surface area contributed by atoms with Crippen molar-refractivity contribution in [2.75, 3.05) is 13.7 Å². The molecule has 0 aliphatic rings. The zero-order valence-corrected chi connectivity index (χ0v) is 13.2. The molecule has 6 heteroatoms. The van der Waals surface area contributed by atoms with E-state index < -0.39 is 0 Å². The van der Waals surface area contributed by atoms with Gasteiger partial charge in [0.25, 0.3) is 0 Å². The van der Waals surface area contributed by atoms with Crippen molar-refractivity contribution in [1.82, 2.24) is 14.8 Å². The van der Waals surface area contributed by atoms with Crippen molar-refractivity contribution in [3.8, 4) is 17.5 Å². The van der Waals surface area contributed by atoms with Gasteiger partial charge in [-0.05, 0) is 19.9 Å². The predicted octanol–water partition coefficient (Wildman–Crippen LogP) is 2.90. The van der Waals surface area contributed by atoms with Crippen LogP contribution in [0.3, 0.4) is 0 Å². The number of benzene rings is 1. The lowest BCUT2D eigenvalue weighted by molar-refractivity contribution is 0.185. The Balaban J connectivity index is 2.39. The third-order valence-corrected chi connectivity index (χ3v) is 3.95. The Bertz CT molecular complexity index is 647. The van der Waals surface area contributed by atoms with Gasteiger partial charge in [0.1, 0.15) is 0 Å². The van der Waals surface area contributed by atoms with Crippen molar-refractivity contribution in [3.63, 3.8) is 0 Å². The highest BCUT2D eigenvalue weighted by atomic mass is 32.2. The van der Waals surface area contributed by atoms with Gasteiger partial charge in [0.2, 0.25) is 0 Å². The van der Waals surface area contributed by atoms with Gasteiger partial charge in [0.15, 0.2) is 11.0 Å². The van der Waals surface area contributed by atoms with Crippen LogP contribution >= 0.6 is 11.8 Å². The van der Waals surface area contributed by atoms with E-state index in [9.17, 15) is 0 Å². The molecule has 2 aromatic rings. The van der Waals surface area contributed by atoms with Crippen LogP contribution in [0.2, 0.25) is 0 Å². The van der Waals surface area contributed by atoms with Crippen LogP contribution in [0.4, 0.5) is 0 Å². The van der Waals surface area contributed by atoms with Crippen LogP contribution in [0.5, 0.6) is 0 Å². The average molecular weight is 302 g/mol. The number of ether oxygens (including phenoxy) is 1. The van der Waals surface area contributed by atoms with Crippen LogP contribution in [0.25, 0.3) is 11.4 Å². The summed E-state index contributed by atoms with van der Waals surface area (Å²) in [5, 5.41) is 18.1. The summed E-state index contributed by atoms with van der Waals surface area (Å²) in [6.07, 6.45) is 0. The van der Waals surface area contributed by atoms with Gasteiger partial charge in [-0.3, -0.25) is 4.57 Å². The lowest BCUT2D eigenvalue weighted by atomic mass is 10.1. The minimum absolute atomic E-state index is 0.166. The topological polar surface area (TPSA) is 63.7 Å². The minimum atomic E-state index is -0.166. The van der Waals surface area contributed by atoms with E-state index in [1.165, 1.54) is 17.3 Å². The fourth-order valence-corrected chi connectivity index (χ4v) is 2.70. The maximum atomic E-state index is 8.97. The van der Waals surface area contributed by atoms with Gasteiger partial charge in [-0.2, -0.15) is 5.26 Å². The van der Waals surface area contributed by atoms with E-state index in [2.05, 4.69) is 22.3 Å². The van der Waals surface area contributed by atoms with Crippen molar-refractivity contribution in [3.05, 3.63) is 29.8 Å². The number of aromatic nitrogens is 3. The smallest absolute Gasteiger partial charge is 0.192 e. The Morgan fingerprint density at radius 1 is 1.43 bits per heavy atom. The Hall–Kier alpha value is -1.84. The highest BCUT2D eigenvalue weighted by Gasteiger charge is 2.16. The number of rotatable bonds is 6. The molecule has 110 valence electrons. The molecule has 0 bridgehead atoms. The van der Waals surface area contributed by atoms with Crippen LogP contribution in [0.15, 0.2) is 29.4 Å². The number of thioether (sulfide) groups is 1. The fraction of sp³-hybridized carbons (Fsp3) is 0.400. The monoisotopic (exact) mass is 302 g/mol.